The standard InChI is InChI=1S/C14H14ClN3O2S/c1-8-6-12(19)18-14(16-8)21-9(2)13(20)17-11-5-3-4-10(15)7-11/h3-7,9H,1-2H3,(H,17,20)(H,16,18,19). The summed E-state index contributed by atoms with van der Waals surface area (Å²) >= 11 is 7.06. The number of carbonyl (C=O) groups is 1. The van der Waals surface area contributed by atoms with Crippen molar-refractivity contribution in [2.45, 2.75) is 24.3 Å². The predicted octanol–water partition coefficient (Wildman–Crippen LogP) is 2.85. The molecule has 1 unspecified atom stereocenters. The van der Waals surface area contributed by atoms with E-state index in [1.165, 1.54) is 17.8 Å². The monoisotopic (exact) mass is 323 g/mol. The summed E-state index contributed by atoms with van der Waals surface area (Å²) in [5.41, 5.74) is 1.02. The average molecular weight is 324 g/mol. The van der Waals surface area contributed by atoms with Gasteiger partial charge in [-0.2, -0.15) is 0 Å². The third kappa shape index (κ3) is 4.61. The van der Waals surface area contributed by atoms with E-state index in [9.17, 15) is 9.59 Å². The first kappa shape index (κ1) is 15.6. The van der Waals surface area contributed by atoms with Crippen molar-refractivity contribution in [3.8, 4) is 0 Å². The Morgan fingerprint density at radius 2 is 2.19 bits per heavy atom. The van der Waals surface area contributed by atoms with Crippen LogP contribution < -0.4 is 10.9 Å². The molecule has 0 aliphatic rings. The Kier molecular flexibility index (Phi) is 5.03. The molecule has 1 atom stereocenters. The van der Waals surface area contributed by atoms with Gasteiger partial charge in [-0.15, -0.1) is 0 Å². The highest BCUT2D eigenvalue weighted by Gasteiger charge is 2.16. The Morgan fingerprint density at radius 3 is 2.86 bits per heavy atom. The second-order valence-electron chi connectivity index (χ2n) is 4.45. The molecule has 0 fully saturated rings. The number of rotatable bonds is 4. The van der Waals surface area contributed by atoms with Gasteiger partial charge in [0.1, 0.15) is 0 Å². The number of halogens is 1. The quantitative estimate of drug-likeness (QED) is 0.670. The Labute approximate surface area is 131 Å². The summed E-state index contributed by atoms with van der Waals surface area (Å²) in [5, 5.41) is 3.34. The van der Waals surface area contributed by atoms with E-state index in [0.29, 0.717) is 21.6 Å². The number of nitrogens with one attached hydrogen (secondary N) is 2. The number of thioether (sulfide) groups is 1. The fourth-order valence-corrected chi connectivity index (χ4v) is 2.69. The van der Waals surface area contributed by atoms with Crippen molar-refractivity contribution in [2.24, 2.45) is 0 Å². The molecule has 2 rings (SSSR count). The molecule has 2 N–H and O–H groups in total. The number of H-pyrrole nitrogens is 1. The SMILES string of the molecule is Cc1cc(=O)[nH]c(SC(C)C(=O)Nc2cccc(Cl)c2)n1. The molecule has 1 amide bonds. The van der Waals surface area contributed by atoms with Gasteiger partial charge in [0.2, 0.25) is 5.91 Å². The van der Waals surface area contributed by atoms with Crippen molar-refractivity contribution in [3.05, 3.63) is 51.4 Å². The molecule has 1 aromatic heterocycles. The molecule has 21 heavy (non-hydrogen) atoms. The lowest BCUT2D eigenvalue weighted by Gasteiger charge is -2.11. The van der Waals surface area contributed by atoms with Crippen LogP contribution in [0.15, 0.2) is 40.3 Å². The third-order valence-electron chi connectivity index (χ3n) is 2.60. The van der Waals surface area contributed by atoms with Gasteiger partial charge < -0.3 is 10.3 Å². The van der Waals surface area contributed by atoms with Crippen LogP contribution in [-0.2, 0) is 4.79 Å². The van der Waals surface area contributed by atoms with Gasteiger partial charge in [0, 0.05) is 22.5 Å². The molecule has 1 aromatic carbocycles. The Bertz CT molecular complexity index is 717. The van der Waals surface area contributed by atoms with Crippen LogP contribution in [0.3, 0.4) is 0 Å². The lowest BCUT2D eigenvalue weighted by molar-refractivity contribution is -0.115. The van der Waals surface area contributed by atoms with Crippen LogP contribution in [0.2, 0.25) is 5.02 Å². The van der Waals surface area contributed by atoms with Gasteiger partial charge >= 0.3 is 0 Å². The van der Waals surface area contributed by atoms with Gasteiger partial charge in [-0.3, -0.25) is 9.59 Å². The molecule has 0 saturated carbocycles. The average Bonchev–Trinajstić information content (AvgIpc) is 2.37. The number of anilines is 1. The smallest absolute Gasteiger partial charge is 0.251 e. The molecule has 110 valence electrons. The second kappa shape index (κ2) is 6.78. The van der Waals surface area contributed by atoms with E-state index < -0.39 is 5.25 Å². The minimum absolute atomic E-state index is 0.188. The Morgan fingerprint density at radius 1 is 1.43 bits per heavy atom. The molecule has 0 radical (unpaired) electrons. The lowest BCUT2D eigenvalue weighted by Crippen LogP contribution is -2.23. The fraction of sp³-hybridized carbons (Fsp3) is 0.214. The topological polar surface area (TPSA) is 74.8 Å². The first-order valence-corrected chi connectivity index (χ1v) is 7.51. The van der Waals surface area contributed by atoms with E-state index >= 15 is 0 Å². The van der Waals surface area contributed by atoms with Gasteiger partial charge in [-0.05, 0) is 32.0 Å². The summed E-state index contributed by atoms with van der Waals surface area (Å²) in [7, 11) is 0. The molecule has 5 nitrogen and oxygen atoms in total. The normalized spacial score (nSPS) is 12.0. The maximum atomic E-state index is 12.1. The number of aromatic nitrogens is 2. The lowest BCUT2D eigenvalue weighted by atomic mass is 10.3. The molecule has 0 aliphatic carbocycles. The largest absolute Gasteiger partial charge is 0.325 e. The maximum absolute atomic E-state index is 12.1. The minimum Gasteiger partial charge on any atom is -0.325 e. The molecular formula is C14H14ClN3O2S. The van der Waals surface area contributed by atoms with Crippen LogP contribution in [0.25, 0.3) is 0 Å². The summed E-state index contributed by atoms with van der Waals surface area (Å²) in [5.74, 6) is -0.188. The van der Waals surface area contributed by atoms with Crippen molar-refractivity contribution < 1.29 is 4.79 Å². The first-order valence-electron chi connectivity index (χ1n) is 6.25. The van der Waals surface area contributed by atoms with Crippen LogP contribution in [0, 0.1) is 6.92 Å². The molecule has 1 heterocycles. The molecule has 2 aromatic rings. The van der Waals surface area contributed by atoms with Crippen molar-refractivity contribution in [1.82, 2.24) is 9.97 Å². The highest BCUT2D eigenvalue weighted by atomic mass is 35.5. The van der Waals surface area contributed by atoms with Crippen molar-refractivity contribution in [2.75, 3.05) is 5.32 Å². The predicted molar refractivity (Wildman–Crippen MR) is 85.0 cm³/mol. The van der Waals surface area contributed by atoms with Crippen LogP contribution in [0.5, 0.6) is 0 Å². The number of carbonyl (C=O) groups excluding carboxylic acids is 1. The number of benzene rings is 1. The van der Waals surface area contributed by atoms with Gasteiger partial charge in [0.15, 0.2) is 5.16 Å². The summed E-state index contributed by atoms with van der Waals surface area (Å²) in [4.78, 5) is 30.3. The van der Waals surface area contributed by atoms with Crippen LogP contribution in [0.1, 0.15) is 12.6 Å². The number of amides is 1. The Hall–Kier alpha value is -1.79. The van der Waals surface area contributed by atoms with Gasteiger partial charge in [0.25, 0.3) is 5.56 Å². The summed E-state index contributed by atoms with van der Waals surface area (Å²) in [6.45, 7) is 3.48. The third-order valence-corrected chi connectivity index (χ3v) is 3.82. The summed E-state index contributed by atoms with van der Waals surface area (Å²) in [6.07, 6.45) is 0. The minimum atomic E-state index is -0.408. The zero-order valence-corrected chi connectivity index (χ0v) is 13.1. The van der Waals surface area contributed by atoms with E-state index in [1.54, 1.807) is 38.1 Å². The van der Waals surface area contributed by atoms with Crippen LogP contribution >= 0.6 is 23.4 Å². The van der Waals surface area contributed by atoms with E-state index in [0.717, 1.165) is 0 Å². The molecular weight excluding hydrogens is 310 g/mol. The summed E-state index contributed by atoms with van der Waals surface area (Å²) < 4.78 is 0. The van der Waals surface area contributed by atoms with E-state index in [1.807, 2.05) is 0 Å². The molecule has 0 bridgehead atoms. The van der Waals surface area contributed by atoms with E-state index in [-0.39, 0.29) is 11.5 Å². The molecule has 0 aliphatic heterocycles. The highest BCUT2D eigenvalue weighted by Crippen LogP contribution is 2.21. The molecule has 0 saturated heterocycles. The van der Waals surface area contributed by atoms with Crippen molar-refractivity contribution in [3.63, 3.8) is 0 Å². The van der Waals surface area contributed by atoms with E-state index in [4.69, 9.17) is 11.6 Å². The summed E-state index contributed by atoms with van der Waals surface area (Å²) in [6, 6.07) is 8.32. The van der Waals surface area contributed by atoms with Gasteiger partial charge in [0.05, 0.1) is 5.25 Å². The number of aryl methyl sites for hydroxylation is 1. The van der Waals surface area contributed by atoms with Gasteiger partial charge in [-0.1, -0.05) is 29.4 Å². The number of nitrogens with zero attached hydrogens (tertiary/aromatic N) is 1. The zero-order valence-electron chi connectivity index (χ0n) is 11.5. The highest BCUT2D eigenvalue weighted by molar-refractivity contribution is 8.00. The number of hydrogen-bond donors (Lipinski definition) is 2. The first-order chi connectivity index (χ1) is 9.94. The maximum Gasteiger partial charge on any atom is 0.251 e. The van der Waals surface area contributed by atoms with Crippen molar-refractivity contribution in [1.29, 1.82) is 0 Å². The molecule has 7 heteroatoms. The van der Waals surface area contributed by atoms with Crippen molar-refractivity contribution >= 4 is 35.0 Å². The van der Waals surface area contributed by atoms with E-state index in [2.05, 4.69) is 15.3 Å². The fourth-order valence-electron chi connectivity index (χ4n) is 1.64. The van der Waals surface area contributed by atoms with Crippen LogP contribution in [0.4, 0.5) is 5.69 Å². The number of hydrogen-bond acceptors (Lipinski definition) is 4. The number of aromatic amines is 1. The van der Waals surface area contributed by atoms with Gasteiger partial charge in [-0.25, -0.2) is 4.98 Å². The zero-order chi connectivity index (χ0) is 15.4. The molecule has 0 spiro atoms. The Balaban J connectivity index is 2.04. The van der Waals surface area contributed by atoms with Crippen LogP contribution in [-0.4, -0.2) is 21.1 Å². The second-order valence-corrected chi connectivity index (χ2v) is 6.22.